The summed E-state index contributed by atoms with van der Waals surface area (Å²) >= 11 is 11.8. The maximum Gasteiger partial charge on any atom is 0.254 e. The molecule has 1 aromatic carbocycles. The average molecular weight is 311 g/mol. The van der Waals surface area contributed by atoms with E-state index < -0.39 is 5.91 Å². The van der Waals surface area contributed by atoms with Crippen molar-refractivity contribution >= 4 is 34.9 Å². The molecule has 5 nitrogen and oxygen atoms in total. The monoisotopic (exact) mass is 310 g/mol. The number of nitrogens with two attached hydrogens (primary N) is 1. The van der Waals surface area contributed by atoms with E-state index >= 15 is 0 Å². The predicted molar refractivity (Wildman–Crippen MR) is 79.1 cm³/mol. The van der Waals surface area contributed by atoms with Crippen LogP contribution in [-0.2, 0) is 6.54 Å². The second kappa shape index (κ2) is 6.07. The van der Waals surface area contributed by atoms with E-state index in [9.17, 15) is 4.79 Å². The first-order chi connectivity index (χ1) is 9.49. The predicted octanol–water partition coefficient (Wildman–Crippen LogP) is 2.80. The summed E-state index contributed by atoms with van der Waals surface area (Å²) in [5.74, 6) is -0.316. The minimum absolute atomic E-state index is 0.0420. The summed E-state index contributed by atoms with van der Waals surface area (Å²) in [7, 11) is 0. The van der Waals surface area contributed by atoms with Crippen molar-refractivity contribution in [3.63, 3.8) is 0 Å². The Morgan fingerprint density at radius 2 is 2.15 bits per heavy atom. The number of carbonyl (C=O) groups is 1. The zero-order chi connectivity index (χ0) is 14.7. The molecule has 3 N–H and O–H groups in total. The normalized spacial score (nSPS) is 10.3. The fourth-order valence-electron chi connectivity index (χ4n) is 1.70. The third-order valence-corrected chi connectivity index (χ3v) is 3.44. The molecule has 0 bridgehead atoms. The second-order valence-electron chi connectivity index (χ2n) is 4.14. The van der Waals surface area contributed by atoms with Gasteiger partial charge in [-0.2, -0.15) is 4.98 Å². The van der Waals surface area contributed by atoms with Gasteiger partial charge in [0.15, 0.2) is 0 Å². The maximum absolute atomic E-state index is 11.3. The summed E-state index contributed by atoms with van der Waals surface area (Å²) in [6.07, 6.45) is 1.30. The van der Waals surface area contributed by atoms with Crippen LogP contribution in [0.25, 0.3) is 0 Å². The molecule has 1 amide bonds. The van der Waals surface area contributed by atoms with Crippen molar-refractivity contribution in [1.82, 2.24) is 9.97 Å². The van der Waals surface area contributed by atoms with Crippen molar-refractivity contribution in [2.45, 2.75) is 13.5 Å². The van der Waals surface area contributed by atoms with E-state index in [1.807, 2.05) is 25.1 Å². The lowest BCUT2D eigenvalue weighted by Gasteiger charge is -2.11. The first kappa shape index (κ1) is 14.6. The van der Waals surface area contributed by atoms with Crippen LogP contribution in [0.15, 0.2) is 24.4 Å². The summed E-state index contributed by atoms with van der Waals surface area (Å²) in [6.45, 7) is 2.36. The highest BCUT2D eigenvalue weighted by Crippen LogP contribution is 2.20. The Morgan fingerprint density at radius 3 is 2.85 bits per heavy atom. The van der Waals surface area contributed by atoms with E-state index in [2.05, 4.69) is 15.3 Å². The standard InChI is InChI=1S/C13H12Cl2N4O/c1-7-8(3-2-4-10(7)14)5-17-12-9(11(16)20)6-18-13(15)19-12/h2-4,6H,5H2,1H3,(H2,16,20)(H,17,18,19). The van der Waals surface area contributed by atoms with Gasteiger partial charge in [0.25, 0.3) is 5.91 Å². The molecular formula is C13H12Cl2N4O. The summed E-state index contributed by atoms with van der Waals surface area (Å²) in [5.41, 5.74) is 7.40. The molecule has 0 aliphatic carbocycles. The van der Waals surface area contributed by atoms with Gasteiger partial charge in [-0.25, -0.2) is 4.98 Å². The number of rotatable bonds is 4. The quantitative estimate of drug-likeness (QED) is 0.851. The number of carbonyl (C=O) groups excluding carboxylic acids is 1. The molecule has 0 saturated carbocycles. The lowest BCUT2D eigenvalue weighted by Crippen LogP contribution is -2.16. The smallest absolute Gasteiger partial charge is 0.254 e. The van der Waals surface area contributed by atoms with E-state index in [1.165, 1.54) is 6.20 Å². The number of nitrogens with one attached hydrogen (secondary N) is 1. The summed E-state index contributed by atoms with van der Waals surface area (Å²) in [6, 6.07) is 5.60. The van der Waals surface area contributed by atoms with Crippen LogP contribution >= 0.6 is 23.2 Å². The first-order valence-electron chi connectivity index (χ1n) is 5.79. The van der Waals surface area contributed by atoms with Crippen LogP contribution in [-0.4, -0.2) is 15.9 Å². The van der Waals surface area contributed by atoms with E-state index in [0.717, 1.165) is 11.1 Å². The molecule has 2 rings (SSSR count). The van der Waals surface area contributed by atoms with Gasteiger partial charge in [-0.3, -0.25) is 4.79 Å². The van der Waals surface area contributed by atoms with Gasteiger partial charge in [-0.1, -0.05) is 23.7 Å². The Balaban J connectivity index is 2.24. The Morgan fingerprint density at radius 1 is 1.40 bits per heavy atom. The Bertz CT molecular complexity index is 661. The third-order valence-electron chi connectivity index (χ3n) is 2.85. The zero-order valence-corrected chi connectivity index (χ0v) is 12.2. The van der Waals surface area contributed by atoms with E-state index in [0.29, 0.717) is 17.4 Å². The molecule has 1 heterocycles. The Labute approximate surface area is 126 Å². The largest absolute Gasteiger partial charge is 0.365 e. The van der Waals surface area contributed by atoms with Crippen molar-refractivity contribution in [2.75, 3.05) is 5.32 Å². The molecule has 1 aromatic heterocycles. The number of amides is 1. The van der Waals surface area contributed by atoms with Gasteiger partial charge < -0.3 is 11.1 Å². The van der Waals surface area contributed by atoms with Crippen LogP contribution in [0.3, 0.4) is 0 Å². The van der Waals surface area contributed by atoms with Gasteiger partial charge in [0, 0.05) is 17.8 Å². The second-order valence-corrected chi connectivity index (χ2v) is 4.89. The third kappa shape index (κ3) is 3.18. The van der Waals surface area contributed by atoms with E-state index in [1.54, 1.807) is 0 Å². The maximum atomic E-state index is 11.3. The van der Waals surface area contributed by atoms with Crippen LogP contribution in [0.2, 0.25) is 10.3 Å². The fraction of sp³-hybridized carbons (Fsp3) is 0.154. The SMILES string of the molecule is Cc1c(Cl)cccc1CNc1nc(Cl)ncc1C(N)=O. The highest BCUT2D eigenvalue weighted by molar-refractivity contribution is 6.31. The number of benzene rings is 1. The van der Waals surface area contributed by atoms with E-state index in [-0.39, 0.29) is 10.8 Å². The summed E-state index contributed by atoms with van der Waals surface area (Å²) in [4.78, 5) is 19.0. The number of nitrogens with zero attached hydrogens (tertiary/aromatic N) is 2. The van der Waals surface area contributed by atoms with Gasteiger partial charge in [-0.05, 0) is 35.7 Å². The molecule has 2 aromatic rings. The van der Waals surface area contributed by atoms with Crippen molar-refractivity contribution in [1.29, 1.82) is 0 Å². The minimum atomic E-state index is -0.619. The fourth-order valence-corrected chi connectivity index (χ4v) is 2.03. The molecular weight excluding hydrogens is 299 g/mol. The van der Waals surface area contributed by atoms with E-state index in [4.69, 9.17) is 28.9 Å². The number of primary amides is 1. The Kier molecular flexibility index (Phi) is 4.42. The minimum Gasteiger partial charge on any atom is -0.365 e. The topological polar surface area (TPSA) is 80.9 Å². The Hall–Kier alpha value is -1.85. The molecule has 0 unspecified atom stereocenters. The highest BCUT2D eigenvalue weighted by Gasteiger charge is 2.12. The lowest BCUT2D eigenvalue weighted by molar-refractivity contribution is 0.100. The highest BCUT2D eigenvalue weighted by atomic mass is 35.5. The zero-order valence-electron chi connectivity index (χ0n) is 10.7. The van der Waals surface area contributed by atoms with Gasteiger partial charge in [-0.15, -0.1) is 0 Å². The molecule has 0 atom stereocenters. The van der Waals surface area contributed by atoms with Crippen LogP contribution in [0, 0.1) is 6.92 Å². The number of hydrogen-bond acceptors (Lipinski definition) is 4. The molecule has 7 heteroatoms. The number of anilines is 1. The molecule has 0 spiro atoms. The number of aromatic nitrogens is 2. The van der Waals surface area contributed by atoms with Gasteiger partial charge in [0.05, 0.1) is 5.56 Å². The van der Waals surface area contributed by atoms with Crippen molar-refractivity contribution in [3.05, 3.63) is 51.4 Å². The van der Waals surface area contributed by atoms with Crippen LogP contribution in [0.5, 0.6) is 0 Å². The molecule has 0 fully saturated rings. The summed E-state index contributed by atoms with van der Waals surface area (Å²) in [5, 5.41) is 3.75. The molecule has 0 radical (unpaired) electrons. The van der Waals surface area contributed by atoms with Crippen molar-refractivity contribution in [2.24, 2.45) is 5.73 Å². The van der Waals surface area contributed by atoms with Crippen molar-refractivity contribution in [3.8, 4) is 0 Å². The molecule has 0 aliphatic rings. The van der Waals surface area contributed by atoms with Gasteiger partial charge in [0.1, 0.15) is 5.82 Å². The van der Waals surface area contributed by atoms with Crippen molar-refractivity contribution < 1.29 is 4.79 Å². The summed E-state index contributed by atoms with van der Waals surface area (Å²) < 4.78 is 0. The first-order valence-corrected chi connectivity index (χ1v) is 6.55. The molecule has 20 heavy (non-hydrogen) atoms. The van der Waals surface area contributed by atoms with Gasteiger partial charge >= 0.3 is 0 Å². The van der Waals surface area contributed by atoms with Gasteiger partial charge in [0.2, 0.25) is 5.28 Å². The van der Waals surface area contributed by atoms with Crippen LogP contribution < -0.4 is 11.1 Å². The molecule has 0 aliphatic heterocycles. The molecule has 104 valence electrons. The average Bonchev–Trinajstić information content (AvgIpc) is 2.40. The number of hydrogen-bond donors (Lipinski definition) is 2. The lowest BCUT2D eigenvalue weighted by atomic mass is 10.1. The van der Waals surface area contributed by atoms with Crippen LogP contribution in [0.1, 0.15) is 21.5 Å². The molecule has 0 saturated heterocycles. The van der Waals surface area contributed by atoms with Crippen LogP contribution in [0.4, 0.5) is 5.82 Å². The number of halogens is 2.